The molecule has 2 unspecified atom stereocenters. The molecule has 1 N–H and O–H groups in total. The van der Waals surface area contributed by atoms with Gasteiger partial charge in [-0.3, -0.25) is 9.80 Å². The summed E-state index contributed by atoms with van der Waals surface area (Å²) < 4.78 is 11.3. The van der Waals surface area contributed by atoms with Gasteiger partial charge >= 0.3 is 6.03 Å². The van der Waals surface area contributed by atoms with E-state index < -0.39 is 6.23 Å². The van der Waals surface area contributed by atoms with Crippen molar-refractivity contribution < 1.29 is 19.4 Å². The lowest BCUT2D eigenvalue weighted by Gasteiger charge is -2.40. The van der Waals surface area contributed by atoms with Crippen LogP contribution >= 0.6 is 0 Å². The van der Waals surface area contributed by atoms with Crippen LogP contribution in [0.25, 0.3) is 0 Å². The van der Waals surface area contributed by atoms with Gasteiger partial charge in [0.05, 0.1) is 20.8 Å². The van der Waals surface area contributed by atoms with E-state index in [9.17, 15) is 9.90 Å². The van der Waals surface area contributed by atoms with Crippen LogP contribution in [0.15, 0.2) is 36.4 Å². The van der Waals surface area contributed by atoms with Gasteiger partial charge in [-0.2, -0.15) is 0 Å². The molecule has 2 atom stereocenters. The average Bonchev–Trinajstić information content (AvgIpc) is 2.91. The molecule has 0 radical (unpaired) electrons. The molecule has 0 aromatic heterocycles. The van der Waals surface area contributed by atoms with Crippen LogP contribution in [0.1, 0.15) is 69.1 Å². The highest BCUT2D eigenvalue weighted by molar-refractivity contribution is 5.93. The second-order valence-electron chi connectivity index (χ2n) is 10.7. The van der Waals surface area contributed by atoms with Crippen LogP contribution in [0.2, 0.25) is 0 Å². The lowest BCUT2D eigenvalue weighted by Crippen LogP contribution is -2.53. The Morgan fingerprint density at radius 2 is 1.74 bits per heavy atom. The molecule has 2 aromatic rings. The Morgan fingerprint density at radius 3 is 2.42 bits per heavy atom. The largest absolute Gasteiger partial charge is 0.496 e. The van der Waals surface area contributed by atoms with Crippen molar-refractivity contribution in [1.82, 2.24) is 9.80 Å². The van der Waals surface area contributed by atoms with E-state index in [1.807, 2.05) is 54.2 Å². The molecule has 1 saturated heterocycles. The van der Waals surface area contributed by atoms with Crippen molar-refractivity contribution in [2.45, 2.75) is 84.0 Å². The summed E-state index contributed by atoms with van der Waals surface area (Å²) >= 11 is 0. The quantitative estimate of drug-likeness (QED) is 0.247. The van der Waals surface area contributed by atoms with Crippen LogP contribution in [0, 0.1) is 0 Å². The van der Waals surface area contributed by atoms with Crippen LogP contribution in [-0.2, 0) is 19.4 Å². The number of methoxy groups -OCH3 is 2. The van der Waals surface area contributed by atoms with E-state index in [4.69, 9.17) is 9.47 Å². The number of carbonyl (C=O) groups is 1. The van der Waals surface area contributed by atoms with Crippen molar-refractivity contribution in [3.63, 3.8) is 0 Å². The van der Waals surface area contributed by atoms with Crippen molar-refractivity contribution in [2.24, 2.45) is 0 Å². The van der Waals surface area contributed by atoms with E-state index in [2.05, 4.69) is 19.9 Å². The number of urea groups is 1. The third kappa shape index (κ3) is 7.64. The molecule has 1 aliphatic rings. The monoisotopic (exact) mass is 525 g/mol. The Bertz CT molecular complexity index is 1040. The number of anilines is 1. The van der Waals surface area contributed by atoms with Gasteiger partial charge in [0, 0.05) is 30.3 Å². The number of likely N-dealkylation sites (N-methyl/N-ethyl adjacent to an activating group) is 1. The number of carbonyl (C=O) groups excluding carboxylic acids is 1. The first-order valence-corrected chi connectivity index (χ1v) is 14.0. The number of rotatable bonds is 14. The summed E-state index contributed by atoms with van der Waals surface area (Å²) in [6.07, 6.45) is 7.90. The minimum atomic E-state index is -0.562. The number of aliphatic hydroxyl groups excluding tert-OH is 1. The van der Waals surface area contributed by atoms with Crippen molar-refractivity contribution >= 4 is 11.7 Å². The number of hydrogen-bond acceptors (Lipinski definition) is 5. The summed E-state index contributed by atoms with van der Waals surface area (Å²) in [4.78, 5) is 19.4. The predicted molar refractivity (Wildman–Crippen MR) is 154 cm³/mol. The van der Waals surface area contributed by atoms with Crippen molar-refractivity contribution in [2.75, 3.05) is 39.8 Å². The third-order valence-corrected chi connectivity index (χ3v) is 7.61. The molecule has 3 rings (SSSR count). The minimum Gasteiger partial charge on any atom is -0.496 e. The minimum absolute atomic E-state index is 0.0111. The molecular formula is C31H47N3O4. The van der Waals surface area contributed by atoms with Gasteiger partial charge in [0.1, 0.15) is 17.7 Å². The van der Waals surface area contributed by atoms with Gasteiger partial charge in [-0.1, -0.05) is 44.7 Å². The molecular weight excluding hydrogens is 478 g/mol. The number of aliphatic hydroxyl groups is 1. The summed E-state index contributed by atoms with van der Waals surface area (Å²) in [7, 11) is 7.07. The fourth-order valence-corrected chi connectivity index (χ4v) is 5.04. The number of ether oxygens (including phenoxy) is 2. The van der Waals surface area contributed by atoms with Gasteiger partial charge in [0.25, 0.3) is 0 Å². The van der Waals surface area contributed by atoms with Crippen LogP contribution in [0.4, 0.5) is 10.5 Å². The molecule has 0 saturated carbocycles. The van der Waals surface area contributed by atoms with Gasteiger partial charge in [0.2, 0.25) is 0 Å². The number of amides is 2. The average molecular weight is 526 g/mol. The summed E-state index contributed by atoms with van der Waals surface area (Å²) in [5, 5.41) is 10.2. The molecule has 7 heteroatoms. The van der Waals surface area contributed by atoms with Crippen LogP contribution < -0.4 is 14.4 Å². The first kappa shape index (κ1) is 29.8. The van der Waals surface area contributed by atoms with Crippen molar-refractivity contribution in [3.05, 3.63) is 53.1 Å². The van der Waals surface area contributed by atoms with Crippen LogP contribution in [0.3, 0.4) is 0 Å². The number of benzene rings is 2. The molecule has 1 heterocycles. The van der Waals surface area contributed by atoms with Gasteiger partial charge in [-0.25, -0.2) is 4.79 Å². The third-order valence-electron chi connectivity index (χ3n) is 7.61. The Balaban J connectivity index is 1.76. The molecule has 7 nitrogen and oxygen atoms in total. The second-order valence-corrected chi connectivity index (χ2v) is 10.7. The SMILES string of the molecule is CCCCCCCc1cc(N2CCC(C)N(Cc3ccc(CC(O)N(C)C)cc3OC)C2=O)ccc1OC. The zero-order valence-corrected chi connectivity index (χ0v) is 24.2. The molecule has 1 fully saturated rings. The lowest BCUT2D eigenvalue weighted by molar-refractivity contribution is 0.0412. The van der Waals surface area contributed by atoms with Gasteiger partial charge < -0.3 is 19.5 Å². The lowest BCUT2D eigenvalue weighted by atomic mass is 10.0. The smallest absolute Gasteiger partial charge is 0.325 e. The first-order chi connectivity index (χ1) is 18.3. The number of unbranched alkanes of at least 4 members (excludes halogenated alkanes) is 4. The van der Waals surface area contributed by atoms with E-state index in [-0.39, 0.29) is 12.1 Å². The molecule has 38 heavy (non-hydrogen) atoms. The molecule has 0 aliphatic carbocycles. The summed E-state index contributed by atoms with van der Waals surface area (Å²) in [5.74, 6) is 1.63. The maximum Gasteiger partial charge on any atom is 0.325 e. The molecule has 1 aliphatic heterocycles. The van der Waals surface area contributed by atoms with Crippen molar-refractivity contribution in [3.8, 4) is 11.5 Å². The normalized spacial score (nSPS) is 16.7. The Labute approximate surface area is 229 Å². The number of hydrogen-bond donors (Lipinski definition) is 1. The summed E-state index contributed by atoms with van der Waals surface area (Å²) in [6.45, 7) is 5.50. The maximum atomic E-state index is 13.8. The fraction of sp³-hybridized carbons (Fsp3) is 0.581. The highest BCUT2D eigenvalue weighted by atomic mass is 16.5. The highest BCUT2D eigenvalue weighted by Crippen LogP contribution is 2.31. The first-order valence-electron chi connectivity index (χ1n) is 14.0. The predicted octanol–water partition coefficient (Wildman–Crippen LogP) is 5.86. The van der Waals surface area contributed by atoms with E-state index in [1.165, 1.54) is 25.7 Å². The van der Waals surface area contributed by atoms with Crippen LogP contribution in [0.5, 0.6) is 11.5 Å². The molecule has 0 spiro atoms. The van der Waals surface area contributed by atoms with E-state index >= 15 is 0 Å². The van der Waals surface area contributed by atoms with Gasteiger partial charge in [0.15, 0.2) is 0 Å². The highest BCUT2D eigenvalue weighted by Gasteiger charge is 2.32. The van der Waals surface area contributed by atoms with Gasteiger partial charge in [-0.15, -0.1) is 0 Å². The van der Waals surface area contributed by atoms with Crippen LogP contribution in [-0.4, -0.2) is 68.1 Å². The molecule has 2 amide bonds. The van der Waals surface area contributed by atoms with Gasteiger partial charge in [-0.05, 0) is 75.7 Å². The van der Waals surface area contributed by atoms with E-state index in [0.717, 1.165) is 53.1 Å². The Morgan fingerprint density at radius 1 is 1.00 bits per heavy atom. The summed E-state index contributed by atoms with van der Waals surface area (Å²) in [5.41, 5.74) is 4.04. The number of nitrogens with zero attached hydrogens (tertiary/aromatic N) is 3. The number of aryl methyl sites for hydroxylation is 1. The Hall–Kier alpha value is -2.77. The van der Waals surface area contributed by atoms with E-state index in [0.29, 0.717) is 19.5 Å². The topological polar surface area (TPSA) is 65.5 Å². The second kappa shape index (κ2) is 14.4. The summed E-state index contributed by atoms with van der Waals surface area (Å²) in [6, 6.07) is 12.3. The Kier molecular flexibility index (Phi) is 11.3. The van der Waals surface area contributed by atoms with Crippen molar-refractivity contribution in [1.29, 1.82) is 0 Å². The molecule has 0 bridgehead atoms. The zero-order valence-electron chi connectivity index (χ0n) is 24.2. The standard InChI is InChI=1S/C31H47N3O4/c1-7-8-9-10-11-12-25-21-27(15-16-28(25)37-5)33-18-17-23(2)34(31(33)36)22-26-14-13-24(19-29(26)38-6)20-30(35)32(3)4/h13-16,19,21,23,30,35H,7-12,17-18,20,22H2,1-6H3. The van der Waals surface area contributed by atoms with E-state index in [1.54, 1.807) is 19.1 Å². The maximum absolute atomic E-state index is 13.8. The molecule has 2 aromatic carbocycles. The zero-order chi connectivity index (χ0) is 27.7. The molecule has 210 valence electrons. The fourth-order valence-electron chi connectivity index (χ4n) is 5.04.